The second kappa shape index (κ2) is 6.88. The van der Waals surface area contributed by atoms with Gasteiger partial charge in [-0.3, -0.25) is 0 Å². The van der Waals surface area contributed by atoms with Gasteiger partial charge in [-0.05, 0) is 17.7 Å². The highest BCUT2D eigenvalue weighted by molar-refractivity contribution is 5.89. The van der Waals surface area contributed by atoms with E-state index in [2.05, 4.69) is 9.47 Å². The molecule has 1 rings (SSSR count). The molecular formula is C13H15FO4. The highest BCUT2D eigenvalue weighted by Crippen LogP contribution is 2.13. The first kappa shape index (κ1) is 14.3. The van der Waals surface area contributed by atoms with E-state index in [0.717, 1.165) is 0 Å². The highest BCUT2D eigenvalue weighted by atomic mass is 19.1. The molecule has 0 aliphatic rings. The highest BCUT2D eigenvalue weighted by Gasteiger charge is 2.11. The Labute approximate surface area is 105 Å². The molecule has 5 heteroatoms. The fourth-order valence-corrected chi connectivity index (χ4v) is 1.33. The lowest BCUT2D eigenvalue weighted by Crippen LogP contribution is -2.06. The third-order valence-electron chi connectivity index (χ3n) is 2.32. The number of hydrogen-bond donors (Lipinski definition) is 1. The zero-order chi connectivity index (χ0) is 13.5. The van der Waals surface area contributed by atoms with Crippen molar-refractivity contribution in [2.45, 2.75) is 12.7 Å². The predicted octanol–water partition coefficient (Wildman–Crippen LogP) is 1.98. The number of ether oxygens (including phenoxy) is 2. The molecule has 0 saturated heterocycles. The molecule has 0 heterocycles. The van der Waals surface area contributed by atoms with Gasteiger partial charge in [0.05, 0.1) is 12.7 Å². The van der Waals surface area contributed by atoms with Gasteiger partial charge in [0.25, 0.3) is 0 Å². The maximum atomic E-state index is 13.5. The molecule has 0 fully saturated rings. The quantitative estimate of drug-likeness (QED) is 0.645. The first-order valence-corrected chi connectivity index (χ1v) is 5.33. The van der Waals surface area contributed by atoms with Gasteiger partial charge in [0.15, 0.2) is 6.29 Å². The summed E-state index contributed by atoms with van der Waals surface area (Å²) in [6.07, 6.45) is 2.71. The number of esters is 1. The third-order valence-corrected chi connectivity index (χ3v) is 2.32. The number of aliphatic hydroxyl groups excluding tert-OH is 1. The molecular weight excluding hydrogens is 239 g/mol. The molecule has 0 amide bonds. The fraction of sp³-hybridized carbons (Fsp3) is 0.308. The van der Waals surface area contributed by atoms with Crippen molar-refractivity contribution in [1.82, 2.24) is 0 Å². The van der Waals surface area contributed by atoms with Crippen LogP contribution in [0.25, 0.3) is 6.08 Å². The lowest BCUT2D eigenvalue weighted by Gasteiger charge is -2.04. The lowest BCUT2D eigenvalue weighted by atomic mass is 10.1. The molecule has 0 bridgehead atoms. The second-order valence-corrected chi connectivity index (χ2v) is 3.56. The maximum absolute atomic E-state index is 13.5. The Morgan fingerprint density at radius 2 is 2.22 bits per heavy atom. The van der Waals surface area contributed by atoms with Crippen LogP contribution < -0.4 is 0 Å². The summed E-state index contributed by atoms with van der Waals surface area (Å²) in [6, 6.07) is 4.17. The molecule has 0 radical (unpaired) electrons. The van der Waals surface area contributed by atoms with Crippen LogP contribution in [0.2, 0.25) is 0 Å². The van der Waals surface area contributed by atoms with Crippen LogP contribution in [-0.4, -0.2) is 31.6 Å². The number of hydrogen-bond acceptors (Lipinski definition) is 4. The van der Waals surface area contributed by atoms with E-state index in [-0.39, 0.29) is 5.56 Å². The topological polar surface area (TPSA) is 55.8 Å². The number of benzene rings is 1. The van der Waals surface area contributed by atoms with Crippen LogP contribution in [0, 0.1) is 5.82 Å². The Morgan fingerprint density at radius 1 is 1.50 bits per heavy atom. The summed E-state index contributed by atoms with van der Waals surface area (Å²) in [5.41, 5.74) is 0.482. The Balaban J connectivity index is 2.75. The van der Waals surface area contributed by atoms with E-state index >= 15 is 0 Å². The van der Waals surface area contributed by atoms with Crippen LogP contribution >= 0.6 is 0 Å². The SMILES string of the molecule is COC(=O)c1ccc(/C=C\CC(O)OC)cc1F. The van der Waals surface area contributed by atoms with E-state index in [1.165, 1.54) is 26.4 Å². The van der Waals surface area contributed by atoms with E-state index in [9.17, 15) is 9.18 Å². The van der Waals surface area contributed by atoms with Gasteiger partial charge in [-0.1, -0.05) is 18.2 Å². The molecule has 1 aromatic rings. The van der Waals surface area contributed by atoms with E-state index in [1.54, 1.807) is 18.2 Å². The smallest absolute Gasteiger partial charge is 0.340 e. The summed E-state index contributed by atoms with van der Waals surface area (Å²) in [7, 11) is 2.59. The second-order valence-electron chi connectivity index (χ2n) is 3.56. The molecule has 0 aliphatic heterocycles. The monoisotopic (exact) mass is 254 g/mol. The largest absolute Gasteiger partial charge is 0.465 e. The van der Waals surface area contributed by atoms with Crippen molar-refractivity contribution in [2.24, 2.45) is 0 Å². The van der Waals surface area contributed by atoms with Crippen LogP contribution in [0.3, 0.4) is 0 Å². The lowest BCUT2D eigenvalue weighted by molar-refractivity contribution is -0.0701. The molecule has 0 aromatic heterocycles. The molecule has 1 atom stereocenters. The number of rotatable bonds is 5. The van der Waals surface area contributed by atoms with Crippen molar-refractivity contribution < 1.29 is 23.8 Å². The summed E-state index contributed by atoms with van der Waals surface area (Å²) in [5.74, 6) is -1.35. The first-order chi connectivity index (χ1) is 8.58. The number of halogens is 1. The van der Waals surface area contributed by atoms with Crippen LogP contribution in [0.5, 0.6) is 0 Å². The van der Waals surface area contributed by atoms with Crippen molar-refractivity contribution in [3.05, 3.63) is 41.2 Å². The molecule has 0 spiro atoms. The molecule has 18 heavy (non-hydrogen) atoms. The number of methoxy groups -OCH3 is 2. The Kier molecular flexibility index (Phi) is 5.48. The van der Waals surface area contributed by atoms with Crippen LogP contribution in [0.1, 0.15) is 22.3 Å². The average molecular weight is 254 g/mol. The first-order valence-electron chi connectivity index (χ1n) is 5.33. The van der Waals surface area contributed by atoms with Gasteiger partial charge in [0, 0.05) is 13.5 Å². The Bertz CT molecular complexity index is 443. The minimum Gasteiger partial charge on any atom is -0.465 e. The Hall–Kier alpha value is -1.72. The zero-order valence-corrected chi connectivity index (χ0v) is 10.2. The van der Waals surface area contributed by atoms with E-state index < -0.39 is 18.1 Å². The van der Waals surface area contributed by atoms with E-state index in [0.29, 0.717) is 12.0 Å². The van der Waals surface area contributed by atoms with Gasteiger partial charge in [-0.2, -0.15) is 0 Å². The molecule has 1 aromatic carbocycles. The summed E-state index contributed by atoms with van der Waals surface area (Å²) in [5, 5.41) is 9.13. The van der Waals surface area contributed by atoms with Crippen molar-refractivity contribution >= 4 is 12.0 Å². The standard InChI is InChI=1S/C13H15FO4/c1-17-12(15)5-3-4-9-6-7-10(11(14)8-9)13(16)18-2/h3-4,6-8,12,15H,5H2,1-2H3/b4-3-. The van der Waals surface area contributed by atoms with E-state index in [1.807, 2.05) is 0 Å². The zero-order valence-electron chi connectivity index (χ0n) is 10.2. The van der Waals surface area contributed by atoms with E-state index in [4.69, 9.17) is 5.11 Å². The number of carbonyl (C=O) groups excluding carboxylic acids is 1. The van der Waals surface area contributed by atoms with Crippen LogP contribution in [0.15, 0.2) is 24.3 Å². The molecule has 0 saturated carbocycles. The summed E-state index contributed by atoms with van der Waals surface area (Å²) in [6.45, 7) is 0. The van der Waals surface area contributed by atoms with Crippen molar-refractivity contribution in [1.29, 1.82) is 0 Å². The summed E-state index contributed by atoms with van der Waals surface area (Å²) >= 11 is 0. The van der Waals surface area contributed by atoms with Gasteiger partial charge in [0.1, 0.15) is 5.82 Å². The Morgan fingerprint density at radius 3 is 2.78 bits per heavy atom. The third kappa shape index (κ3) is 3.94. The van der Waals surface area contributed by atoms with Crippen LogP contribution in [0.4, 0.5) is 4.39 Å². The molecule has 1 N–H and O–H groups in total. The predicted molar refractivity (Wildman–Crippen MR) is 64.4 cm³/mol. The van der Waals surface area contributed by atoms with Gasteiger partial charge >= 0.3 is 5.97 Å². The van der Waals surface area contributed by atoms with Crippen LogP contribution in [-0.2, 0) is 9.47 Å². The summed E-state index contributed by atoms with van der Waals surface area (Å²) in [4.78, 5) is 11.2. The molecule has 98 valence electrons. The van der Waals surface area contributed by atoms with Crippen molar-refractivity contribution in [3.8, 4) is 0 Å². The molecule has 4 nitrogen and oxygen atoms in total. The van der Waals surface area contributed by atoms with Gasteiger partial charge < -0.3 is 14.6 Å². The number of aliphatic hydroxyl groups is 1. The fourth-order valence-electron chi connectivity index (χ4n) is 1.33. The summed E-state index contributed by atoms with van der Waals surface area (Å²) < 4.78 is 22.6. The molecule has 0 aliphatic carbocycles. The van der Waals surface area contributed by atoms with Gasteiger partial charge in [-0.25, -0.2) is 9.18 Å². The average Bonchev–Trinajstić information content (AvgIpc) is 2.37. The minimum atomic E-state index is -0.875. The van der Waals surface area contributed by atoms with Crippen molar-refractivity contribution in [3.63, 3.8) is 0 Å². The molecule has 1 unspecified atom stereocenters. The van der Waals surface area contributed by atoms with Gasteiger partial charge in [0.2, 0.25) is 0 Å². The maximum Gasteiger partial charge on any atom is 0.340 e. The minimum absolute atomic E-state index is 0.105. The normalized spacial score (nSPS) is 12.7. The number of carbonyl (C=O) groups is 1. The van der Waals surface area contributed by atoms with Gasteiger partial charge in [-0.15, -0.1) is 0 Å². The van der Waals surface area contributed by atoms with Crippen molar-refractivity contribution in [2.75, 3.05) is 14.2 Å².